The van der Waals surface area contributed by atoms with Gasteiger partial charge in [-0.3, -0.25) is 0 Å². The molecule has 2 nitrogen and oxygen atoms in total. The summed E-state index contributed by atoms with van der Waals surface area (Å²) < 4.78 is 0. The standard InChI is InChI=1S/C11H24N2/c1-5-7-9-13(4)11(3)10-12-8-6-2/h6,11-12H,2,5,7-10H2,1,3-4H3. The van der Waals surface area contributed by atoms with Gasteiger partial charge in [0.1, 0.15) is 0 Å². The lowest BCUT2D eigenvalue weighted by molar-refractivity contribution is 0.249. The van der Waals surface area contributed by atoms with Crippen LogP contribution in [0.25, 0.3) is 0 Å². The minimum atomic E-state index is 0.617. The number of nitrogens with one attached hydrogen (secondary N) is 1. The minimum absolute atomic E-state index is 0.617. The van der Waals surface area contributed by atoms with Crippen LogP contribution in [-0.4, -0.2) is 37.6 Å². The molecular weight excluding hydrogens is 160 g/mol. The van der Waals surface area contributed by atoms with Crippen LogP contribution in [0.15, 0.2) is 12.7 Å². The maximum absolute atomic E-state index is 3.68. The Morgan fingerprint density at radius 3 is 2.77 bits per heavy atom. The molecule has 0 spiro atoms. The smallest absolute Gasteiger partial charge is 0.0189 e. The van der Waals surface area contributed by atoms with Crippen molar-refractivity contribution in [3.05, 3.63) is 12.7 Å². The maximum Gasteiger partial charge on any atom is 0.0189 e. The van der Waals surface area contributed by atoms with Crippen molar-refractivity contribution in [2.24, 2.45) is 0 Å². The molecule has 0 saturated heterocycles. The molecule has 13 heavy (non-hydrogen) atoms. The van der Waals surface area contributed by atoms with Gasteiger partial charge in [-0.15, -0.1) is 6.58 Å². The van der Waals surface area contributed by atoms with Crippen molar-refractivity contribution < 1.29 is 0 Å². The van der Waals surface area contributed by atoms with Crippen LogP contribution in [0.4, 0.5) is 0 Å². The van der Waals surface area contributed by atoms with E-state index < -0.39 is 0 Å². The zero-order valence-electron chi connectivity index (χ0n) is 9.34. The molecule has 0 fully saturated rings. The summed E-state index contributed by atoms with van der Waals surface area (Å²) in [5, 5.41) is 3.33. The van der Waals surface area contributed by atoms with Crippen LogP contribution in [0, 0.1) is 0 Å². The molecule has 0 heterocycles. The molecule has 0 amide bonds. The number of hydrogen-bond acceptors (Lipinski definition) is 2. The van der Waals surface area contributed by atoms with Crippen LogP contribution >= 0.6 is 0 Å². The zero-order valence-corrected chi connectivity index (χ0v) is 9.34. The molecule has 1 N–H and O–H groups in total. The summed E-state index contributed by atoms with van der Waals surface area (Å²) >= 11 is 0. The summed E-state index contributed by atoms with van der Waals surface area (Å²) in [4.78, 5) is 2.40. The van der Waals surface area contributed by atoms with E-state index in [4.69, 9.17) is 0 Å². The number of hydrogen-bond donors (Lipinski definition) is 1. The Labute approximate surface area is 83.0 Å². The van der Waals surface area contributed by atoms with E-state index >= 15 is 0 Å². The first kappa shape index (κ1) is 12.7. The highest BCUT2D eigenvalue weighted by molar-refractivity contribution is 4.73. The predicted octanol–water partition coefficient (Wildman–Crippen LogP) is 1.88. The van der Waals surface area contributed by atoms with E-state index in [-0.39, 0.29) is 0 Å². The largest absolute Gasteiger partial charge is 0.312 e. The molecule has 0 saturated carbocycles. The highest BCUT2D eigenvalue weighted by Gasteiger charge is 2.06. The average molecular weight is 184 g/mol. The first-order chi connectivity index (χ1) is 6.22. The Morgan fingerprint density at radius 1 is 1.54 bits per heavy atom. The monoisotopic (exact) mass is 184 g/mol. The summed E-state index contributed by atoms with van der Waals surface area (Å²) in [6.45, 7) is 11.3. The van der Waals surface area contributed by atoms with Crippen molar-refractivity contribution in [1.29, 1.82) is 0 Å². The van der Waals surface area contributed by atoms with E-state index in [1.807, 2.05) is 6.08 Å². The fourth-order valence-corrected chi connectivity index (χ4v) is 1.18. The van der Waals surface area contributed by atoms with Gasteiger partial charge in [-0.25, -0.2) is 0 Å². The molecular formula is C11H24N2. The first-order valence-corrected chi connectivity index (χ1v) is 5.24. The summed E-state index contributed by atoms with van der Waals surface area (Å²) in [5.74, 6) is 0. The quantitative estimate of drug-likeness (QED) is 0.458. The molecule has 0 aliphatic carbocycles. The van der Waals surface area contributed by atoms with Crippen LogP contribution in [0.2, 0.25) is 0 Å². The van der Waals surface area contributed by atoms with Crippen LogP contribution in [0.1, 0.15) is 26.7 Å². The maximum atomic E-state index is 3.68. The van der Waals surface area contributed by atoms with Crippen molar-refractivity contribution in [2.75, 3.05) is 26.7 Å². The molecule has 0 aromatic carbocycles. The number of nitrogens with zero attached hydrogens (tertiary/aromatic N) is 1. The van der Waals surface area contributed by atoms with Gasteiger partial charge in [0, 0.05) is 19.1 Å². The molecule has 0 aliphatic heterocycles. The molecule has 78 valence electrons. The van der Waals surface area contributed by atoms with Crippen LogP contribution in [-0.2, 0) is 0 Å². The van der Waals surface area contributed by atoms with Gasteiger partial charge in [0.05, 0.1) is 0 Å². The summed E-state index contributed by atoms with van der Waals surface area (Å²) in [6.07, 6.45) is 4.47. The third-order valence-corrected chi connectivity index (χ3v) is 2.35. The molecule has 2 heteroatoms. The Morgan fingerprint density at radius 2 is 2.23 bits per heavy atom. The van der Waals surface area contributed by atoms with Crippen molar-refractivity contribution in [1.82, 2.24) is 10.2 Å². The second kappa shape index (κ2) is 8.27. The highest BCUT2D eigenvalue weighted by atomic mass is 15.1. The van der Waals surface area contributed by atoms with Crippen molar-refractivity contribution >= 4 is 0 Å². The number of likely N-dealkylation sites (N-methyl/N-ethyl adjacent to an activating group) is 1. The molecule has 0 bridgehead atoms. The fraction of sp³-hybridized carbons (Fsp3) is 0.818. The summed E-state index contributed by atoms with van der Waals surface area (Å²) in [7, 11) is 2.19. The van der Waals surface area contributed by atoms with E-state index in [1.165, 1.54) is 19.4 Å². The predicted molar refractivity (Wildman–Crippen MR) is 60.1 cm³/mol. The van der Waals surface area contributed by atoms with E-state index in [9.17, 15) is 0 Å². The van der Waals surface area contributed by atoms with E-state index in [1.54, 1.807) is 0 Å². The first-order valence-electron chi connectivity index (χ1n) is 5.24. The van der Waals surface area contributed by atoms with E-state index in [0.717, 1.165) is 13.1 Å². The van der Waals surface area contributed by atoms with Crippen LogP contribution in [0.5, 0.6) is 0 Å². The van der Waals surface area contributed by atoms with E-state index in [0.29, 0.717) is 6.04 Å². The highest BCUT2D eigenvalue weighted by Crippen LogP contribution is 1.97. The van der Waals surface area contributed by atoms with Gasteiger partial charge in [0.15, 0.2) is 0 Å². The molecule has 0 radical (unpaired) electrons. The average Bonchev–Trinajstić information content (AvgIpc) is 2.14. The van der Waals surface area contributed by atoms with Gasteiger partial charge < -0.3 is 10.2 Å². The summed E-state index contributed by atoms with van der Waals surface area (Å²) in [6, 6.07) is 0.617. The Kier molecular flexibility index (Phi) is 8.05. The Hall–Kier alpha value is -0.340. The third kappa shape index (κ3) is 6.79. The van der Waals surface area contributed by atoms with Crippen molar-refractivity contribution in [3.63, 3.8) is 0 Å². The van der Waals surface area contributed by atoms with Gasteiger partial charge in [-0.05, 0) is 26.9 Å². The SMILES string of the molecule is C=CCNCC(C)N(C)CCCC. The summed E-state index contributed by atoms with van der Waals surface area (Å²) in [5.41, 5.74) is 0. The van der Waals surface area contributed by atoms with Crippen LogP contribution in [0.3, 0.4) is 0 Å². The molecule has 1 unspecified atom stereocenters. The third-order valence-electron chi connectivity index (χ3n) is 2.35. The second-order valence-electron chi connectivity index (χ2n) is 3.63. The molecule has 0 rings (SSSR count). The van der Waals surface area contributed by atoms with E-state index in [2.05, 4.69) is 37.7 Å². The van der Waals surface area contributed by atoms with Gasteiger partial charge in [0.25, 0.3) is 0 Å². The zero-order chi connectivity index (χ0) is 10.1. The second-order valence-corrected chi connectivity index (χ2v) is 3.63. The topological polar surface area (TPSA) is 15.3 Å². The van der Waals surface area contributed by atoms with Crippen molar-refractivity contribution in [3.8, 4) is 0 Å². The Balaban J connectivity index is 3.43. The molecule has 0 aromatic heterocycles. The Bertz CT molecular complexity index is 123. The lowest BCUT2D eigenvalue weighted by Crippen LogP contribution is -2.38. The lowest BCUT2D eigenvalue weighted by Gasteiger charge is -2.24. The molecule has 0 aliphatic rings. The van der Waals surface area contributed by atoms with Gasteiger partial charge >= 0.3 is 0 Å². The van der Waals surface area contributed by atoms with Gasteiger partial charge in [-0.1, -0.05) is 19.4 Å². The minimum Gasteiger partial charge on any atom is -0.312 e. The number of rotatable bonds is 8. The van der Waals surface area contributed by atoms with Gasteiger partial charge in [-0.2, -0.15) is 0 Å². The lowest BCUT2D eigenvalue weighted by atomic mass is 10.2. The number of unbranched alkanes of at least 4 members (excludes halogenated alkanes) is 1. The van der Waals surface area contributed by atoms with Crippen LogP contribution < -0.4 is 5.32 Å². The van der Waals surface area contributed by atoms with Gasteiger partial charge in [0.2, 0.25) is 0 Å². The fourth-order valence-electron chi connectivity index (χ4n) is 1.18. The molecule has 0 aromatic rings. The normalized spacial score (nSPS) is 13.2. The molecule has 1 atom stereocenters. The van der Waals surface area contributed by atoms with Crippen molar-refractivity contribution in [2.45, 2.75) is 32.7 Å².